The molecule has 0 saturated carbocycles. The summed E-state index contributed by atoms with van der Waals surface area (Å²) in [6, 6.07) is 18.0. The number of carbonyl (C=O) groups excluding carboxylic acids is 2. The van der Waals surface area contributed by atoms with Gasteiger partial charge in [0.1, 0.15) is 0 Å². The lowest BCUT2D eigenvalue weighted by Crippen LogP contribution is -2.19. The average molecular weight is 461 g/mol. The van der Waals surface area contributed by atoms with E-state index in [4.69, 9.17) is 9.47 Å². The summed E-state index contributed by atoms with van der Waals surface area (Å²) in [6.07, 6.45) is 0. The van der Waals surface area contributed by atoms with Crippen LogP contribution >= 0.6 is 11.8 Å². The Morgan fingerprint density at radius 2 is 1.88 bits per heavy atom. The highest BCUT2D eigenvalue weighted by Gasteiger charge is 2.17. The average Bonchev–Trinajstić information content (AvgIpc) is 3.43. The minimum absolute atomic E-state index is 0.150. The molecule has 9 heteroatoms. The second-order valence-corrected chi connectivity index (χ2v) is 8.43. The third-order valence-electron chi connectivity index (χ3n) is 5.03. The Morgan fingerprint density at radius 3 is 2.79 bits per heavy atom. The van der Waals surface area contributed by atoms with Crippen LogP contribution in [0.15, 0.2) is 65.8 Å². The molecule has 0 fully saturated rings. The maximum atomic E-state index is 12.9. The summed E-state index contributed by atoms with van der Waals surface area (Å²) < 4.78 is 10.6. The van der Waals surface area contributed by atoms with E-state index in [9.17, 15) is 9.59 Å². The maximum Gasteiger partial charge on any atom is 0.257 e. The minimum Gasteiger partial charge on any atom is -0.454 e. The Bertz CT molecular complexity index is 1370. The van der Waals surface area contributed by atoms with Gasteiger partial charge in [0.2, 0.25) is 12.7 Å². The number of imidazole rings is 1. The van der Waals surface area contributed by atoms with E-state index in [0.717, 1.165) is 16.6 Å². The maximum absolute atomic E-state index is 12.9. The van der Waals surface area contributed by atoms with Gasteiger partial charge in [-0.2, -0.15) is 0 Å². The fraction of sp³-hybridized carbons (Fsp3) is 0.125. The van der Waals surface area contributed by atoms with Crippen molar-refractivity contribution in [3.05, 3.63) is 71.8 Å². The fourth-order valence-corrected chi connectivity index (χ4v) is 4.14. The summed E-state index contributed by atoms with van der Waals surface area (Å²) in [6.45, 7) is 2.17. The van der Waals surface area contributed by atoms with Crippen LogP contribution in [0.25, 0.3) is 11.0 Å². The van der Waals surface area contributed by atoms with Crippen LogP contribution in [0.1, 0.15) is 15.9 Å². The van der Waals surface area contributed by atoms with Crippen molar-refractivity contribution in [3.63, 3.8) is 0 Å². The van der Waals surface area contributed by atoms with Crippen LogP contribution in [-0.4, -0.2) is 34.3 Å². The van der Waals surface area contributed by atoms with Gasteiger partial charge in [-0.05, 0) is 48.9 Å². The molecule has 0 aliphatic carbocycles. The molecule has 1 aromatic heterocycles. The third-order valence-corrected chi connectivity index (χ3v) is 5.91. The minimum atomic E-state index is -0.343. The first kappa shape index (κ1) is 20.9. The van der Waals surface area contributed by atoms with Crippen LogP contribution in [0, 0.1) is 6.92 Å². The molecule has 0 unspecified atom stereocenters. The highest BCUT2D eigenvalue weighted by Crippen LogP contribution is 2.34. The number of hydrogen-bond donors (Lipinski definition) is 3. The number of nitrogens with zero attached hydrogens (tertiary/aromatic N) is 1. The van der Waals surface area contributed by atoms with E-state index >= 15 is 0 Å². The number of aromatic amines is 1. The summed E-state index contributed by atoms with van der Waals surface area (Å²) in [4.78, 5) is 33.2. The lowest BCUT2D eigenvalue weighted by molar-refractivity contribution is -0.113. The summed E-state index contributed by atoms with van der Waals surface area (Å²) >= 11 is 1.30. The molecule has 2 heterocycles. The fourth-order valence-electron chi connectivity index (χ4n) is 3.45. The van der Waals surface area contributed by atoms with Crippen molar-refractivity contribution in [1.29, 1.82) is 0 Å². The van der Waals surface area contributed by atoms with Gasteiger partial charge in [-0.3, -0.25) is 9.59 Å². The Balaban J connectivity index is 1.24. The van der Waals surface area contributed by atoms with Gasteiger partial charge in [-0.1, -0.05) is 30.0 Å². The topological polar surface area (TPSA) is 105 Å². The van der Waals surface area contributed by atoms with Crippen molar-refractivity contribution in [2.75, 3.05) is 23.2 Å². The largest absolute Gasteiger partial charge is 0.454 e. The first-order valence-corrected chi connectivity index (χ1v) is 11.2. The predicted octanol–water partition coefficient (Wildman–Crippen LogP) is 4.58. The standard InChI is InChI=1S/C24H20N4O4S/c1-14-6-8-18-19(10-14)28-24(27-18)33-12-22(29)26-17-5-3-2-4-16(17)23(30)25-15-7-9-20-21(11-15)32-13-31-20/h2-11H,12-13H2,1H3,(H,25,30)(H,26,29)(H,27,28). The van der Waals surface area contributed by atoms with E-state index in [1.165, 1.54) is 11.8 Å². The lowest BCUT2D eigenvalue weighted by Gasteiger charge is -2.11. The van der Waals surface area contributed by atoms with Crippen molar-refractivity contribution >= 4 is 46.0 Å². The highest BCUT2D eigenvalue weighted by atomic mass is 32.2. The van der Waals surface area contributed by atoms with Crippen LogP contribution in [0.4, 0.5) is 11.4 Å². The number of hydrogen-bond acceptors (Lipinski definition) is 6. The van der Waals surface area contributed by atoms with Gasteiger partial charge in [0.05, 0.1) is 28.0 Å². The Kier molecular flexibility index (Phi) is 5.62. The van der Waals surface area contributed by atoms with Crippen molar-refractivity contribution in [2.24, 2.45) is 0 Å². The molecule has 4 aromatic rings. The molecule has 166 valence electrons. The second kappa shape index (κ2) is 8.87. The number of anilines is 2. The van der Waals surface area contributed by atoms with E-state index in [2.05, 4.69) is 20.6 Å². The number of ether oxygens (including phenoxy) is 2. The summed E-state index contributed by atoms with van der Waals surface area (Å²) in [5, 5.41) is 6.32. The molecule has 1 aliphatic rings. The van der Waals surface area contributed by atoms with Crippen LogP contribution in [0.5, 0.6) is 11.5 Å². The quantitative estimate of drug-likeness (QED) is 0.364. The van der Waals surface area contributed by atoms with Crippen LogP contribution in [0.3, 0.4) is 0 Å². The van der Waals surface area contributed by atoms with Crippen molar-refractivity contribution < 1.29 is 19.1 Å². The molecule has 5 rings (SSSR count). The molecule has 0 saturated heterocycles. The zero-order valence-corrected chi connectivity index (χ0v) is 18.5. The molecule has 33 heavy (non-hydrogen) atoms. The highest BCUT2D eigenvalue weighted by molar-refractivity contribution is 7.99. The third kappa shape index (κ3) is 4.63. The van der Waals surface area contributed by atoms with Gasteiger partial charge in [-0.15, -0.1) is 0 Å². The summed E-state index contributed by atoms with van der Waals surface area (Å²) in [5.74, 6) is 0.784. The Labute approximate surface area is 193 Å². The molecule has 8 nitrogen and oxygen atoms in total. The number of thioether (sulfide) groups is 1. The van der Waals surface area contributed by atoms with Gasteiger partial charge in [-0.25, -0.2) is 4.98 Å². The van der Waals surface area contributed by atoms with Crippen molar-refractivity contribution in [1.82, 2.24) is 9.97 Å². The summed E-state index contributed by atoms with van der Waals surface area (Å²) in [5.41, 5.74) is 4.28. The van der Waals surface area contributed by atoms with Gasteiger partial charge in [0.15, 0.2) is 16.7 Å². The van der Waals surface area contributed by atoms with Gasteiger partial charge < -0.3 is 25.1 Å². The normalized spacial score (nSPS) is 12.0. The number of para-hydroxylation sites is 1. The molecular formula is C24H20N4O4S. The first-order chi connectivity index (χ1) is 16.0. The Morgan fingerprint density at radius 1 is 1.03 bits per heavy atom. The van der Waals surface area contributed by atoms with Gasteiger partial charge >= 0.3 is 0 Å². The van der Waals surface area contributed by atoms with Crippen LogP contribution < -0.4 is 20.1 Å². The summed E-state index contributed by atoms with van der Waals surface area (Å²) in [7, 11) is 0. The lowest BCUT2D eigenvalue weighted by atomic mass is 10.1. The molecule has 1 aliphatic heterocycles. The number of aryl methyl sites for hydroxylation is 1. The molecule has 0 bridgehead atoms. The van der Waals surface area contributed by atoms with Gasteiger partial charge in [0, 0.05) is 11.8 Å². The van der Waals surface area contributed by atoms with Gasteiger partial charge in [0.25, 0.3) is 5.91 Å². The monoisotopic (exact) mass is 460 g/mol. The number of fused-ring (bicyclic) bond motifs is 2. The van der Waals surface area contributed by atoms with Crippen molar-refractivity contribution in [3.8, 4) is 11.5 Å². The number of H-pyrrole nitrogens is 1. The first-order valence-electron chi connectivity index (χ1n) is 10.2. The SMILES string of the molecule is Cc1ccc2nc(SCC(=O)Nc3ccccc3C(=O)Nc3ccc4c(c3)OCO4)[nH]c2c1. The molecule has 3 N–H and O–H groups in total. The van der Waals surface area contributed by atoms with E-state index < -0.39 is 0 Å². The number of rotatable bonds is 6. The van der Waals surface area contributed by atoms with E-state index in [1.54, 1.807) is 42.5 Å². The van der Waals surface area contributed by atoms with Crippen LogP contribution in [-0.2, 0) is 4.79 Å². The smallest absolute Gasteiger partial charge is 0.257 e. The van der Waals surface area contributed by atoms with E-state index in [0.29, 0.717) is 33.6 Å². The molecule has 0 spiro atoms. The van der Waals surface area contributed by atoms with Crippen LogP contribution in [0.2, 0.25) is 0 Å². The van der Waals surface area contributed by atoms with E-state index in [-0.39, 0.29) is 24.4 Å². The Hall–Kier alpha value is -3.98. The number of aromatic nitrogens is 2. The number of benzene rings is 3. The predicted molar refractivity (Wildman–Crippen MR) is 127 cm³/mol. The van der Waals surface area contributed by atoms with Crippen molar-refractivity contribution in [2.45, 2.75) is 12.1 Å². The zero-order chi connectivity index (χ0) is 22.8. The molecule has 2 amide bonds. The zero-order valence-electron chi connectivity index (χ0n) is 17.7. The molecule has 0 atom stereocenters. The molecular weight excluding hydrogens is 440 g/mol. The van der Waals surface area contributed by atoms with E-state index in [1.807, 2.05) is 25.1 Å². The number of amides is 2. The molecule has 0 radical (unpaired) electrons. The molecule has 3 aromatic carbocycles. The number of nitrogens with one attached hydrogen (secondary N) is 3. The number of carbonyl (C=O) groups is 2. The second-order valence-electron chi connectivity index (χ2n) is 7.47.